The van der Waals surface area contributed by atoms with Crippen molar-refractivity contribution in [3.8, 4) is 5.75 Å². The molecule has 0 unspecified atom stereocenters. The van der Waals surface area contributed by atoms with Crippen molar-refractivity contribution in [3.63, 3.8) is 0 Å². The number of carbonyl (C=O) groups excluding carboxylic acids is 2. The summed E-state index contributed by atoms with van der Waals surface area (Å²) in [6.45, 7) is 2.33. The number of aromatic hydroxyl groups is 1. The molecular formula is C33H36F2N2O6S. The topological polar surface area (TPSA) is 118 Å². The maximum atomic E-state index is 13.3. The smallest absolute Gasteiger partial charge is 0.326 e. The summed E-state index contributed by atoms with van der Waals surface area (Å²) in [7, 11) is 0. The molecule has 2 fully saturated rings. The first-order valence-electron chi connectivity index (χ1n) is 14.5. The molecule has 5 atom stereocenters. The highest BCUT2D eigenvalue weighted by molar-refractivity contribution is 7.80. The van der Waals surface area contributed by atoms with E-state index in [1.54, 1.807) is 48.2 Å². The number of aliphatic hydroxyl groups excluding tert-OH is 1. The molecule has 2 amide bonds. The van der Waals surface area contributed by atoms with Crippen LogP contribution in [0.3, 0.4) is 0 Å². The van der Waals surface area contributed by atoms with Crippen molar-refractivity contribution in [3.05, 3.63) is 95.6 Å². The fourth-order valence-corrected chi connectivity index (χ4v) is 5.77. The molecular weight excluding hydrogens is 590 g/mol. The maximum Gasteiger partial charge on any atom is 0.326 e. The minimum Gasteiger partial charge on any atom is -0.508 e. The molecule has 0 aromatic heterocycles. The summed E-state index contributed by atoms with van der Waals surface area (Å²) in [5, 5.41) is 28.9. The summed E-state index contributed by atoms with van der Waals surface area (Å²) in [4.78, 5) is 38.5. The predicted octanol–water partition coefficient (Wildman–Crippen LogP) is 5.52. The van der Waals surface area contributed by atoms with Gasteiger partial charge in [0.2, 0.25) is 11.8 Å². The third-order valence-electron chi connectivity index (χ3n) is 8.08. The number of hydrogen-bond acceptors (Lipinski definition) is 6. The van der Waals surface area contributed by atoms with Crippen molar-refractivity contribution in [1.82, 2.24) is 4.90 Å². The average molecular weight is 627 g/mol. The van der Waals surface area contributed by atoms with Gasteiger partial charge in [0.25, 0.3) is 0 Å². The number of amides is 2. The summed E-state index contributed by atoms with van der Waals surface area (Å²) in [6.07, 6.45) is 1.32. The Morgan fingerprint density at radius 2 is 1.57 bits per heavy atom. The number of carboxylic acid groups (broad SMARTS) is 1. The number of halogens is 2. The van der Waals surface area contributed by atoms with Crippen LogP contribution in [0.1, 0.15) is 55.9 Å². The van der Waals surface area contributed by atoms with E-state index in [1.165, 1.54) is 41.3 Å². The SMILES string of the molecule is C[C@H](CS)C(=O)N1CCC[C@H]1C(=O)O.O=C1[C@H](CC[C@H](O)c2ccc(F)cc2)[C@@H](c2ccc(O)cc2)N1c1ccc(F)cc1. The molecule has 11 heteroatoms. The Balaban J connectivity index is 0.000000265. The largest absolute Gasteiger partial charge is 0.508 e. The van der Waals surface area contributed by atoms with Gasteiger partial charge in [-0.1, -0.05) is 31.2 Å². The third-order valence-corrected chi connectivity index (χ3v) is 8.62. The van der Waals surface area contributed by atoms with E-state index in [1.807, 2.05) is 0 Å². The summed E-state index contributed by atoms with van der Waals surface area (Å²) in [5.41, 5.74) is 2.03. The van der Waals surface area contributed by atoms with Crippen LogP contribution in [0, 0.1) is 23.5 Å². The van der Waals surface area contributed by atoms with Gasteiger partial charge >= 0.3 is 5.97 Å². The lowest BCUT2D eigenvalue weighted by atomic mass is 9.78. The van der Waals surface area contributed by atoms with Crippen LogP contribution in [0.4, 0.5) is 14.5 Å². The Kier molecular flexibility index (Phi) is 11.0. The molecule has 2 aliphatic rings. The van der Waals surface area contributed by atoms with Crippen molar-refractivity contribution < 1.29 is 38.5 Å². The van der Waals surface area contributed by atoms with Crippen LogP contribution in [0.25, 0.3) is 0 Å². The van der Waals surface area contributed by atoms with Crippen LogP contribution in [0.15, 0.2) is 72.8 Å². The van der Waals surface area contributed by atoms with Crippen molar-refractivity contribution in [2.24, 2.45) is 11.8 Å². The Hall–Kier alpha value is -3.96. The highest BCUT2D eigenvalue weighted by atomic mass is 32.1. The predicted molar refractivity (Wildman–Crippen MR) is 164 cm³/mol. The molecule has 0 aliphatic carbocycles. The quantitative estimate of drug-likeness (QED) is 0.184. The Bertz CT molecular complexity index is 1440. The monoisotopic (exact) mass is 626 g/mol. The van der Waals surface area contributed by atoms with Gasteiger partial charge in [-0.05, 0) is 85.3 Å². The Labute approximate surface area is 260 Å². The lowest BCUT2D eigenvalue weighted by Crippen LogP contribution is -2.55. The van der Waals surface area contributed by atoms with Crippen molar-refractivity contribution >= 4 is 36.1 Å². The second-order valence-corrected chi connectivity index (χ2v) is 11.4. The number of rotatable bonds is 9. The van der Waals surface area contributed by atoms with E-state index in [0.717, 1.165) is 12.0 Å². The molecule has 8 nitrogen and oxygen atoms in total. The van der Waals surface area contributed by atoms with E-state index in [9.17, 15) is 33.4 Å². The third kappa shape index (κ3) is 7.57. The number of nitrogens with zero attached hydrogens (tertiary/aromatic N) is 2. The first-order chi connectivity index (χ1) is 21.0. The molecule has 2 heterocycles. The van der Waals surface area contributed by atoms with E-state index in [0.29, 0.717) is 42.8 Å². The van der Waals surface area contributed by atoms with Gasteiger partial charge in [0.1, 0.15) is 23.4 Å². The second kappa shape index (κ2) is 14.7. The second-order valence-electron chi connectivity index (χ2n) is 11.1. The lowest BCUT2D eigenvalue weighted by molar-refractivity contribution is -0.149. The van der Waals surface area contributed by atoms with E-state index < -0.39 is 18.1 Å². The van der Waals surface area contributed by atoms with Crippen molar-refractivity contribution in [2.75, 3.05) is 17.2 Å². The van der Waals surface area contributed by atoms with Crippen LogP contribution in [0.5, 0.6) is 5.75 Å². The van der Waals surface area contributed by atoms with Gasteiger partial charge in [-0.15, -0.1) is 0 Å². The Morgan fingerprint density at radius 3 is 2.14 bits per heavy atom. The van der Waals surface area contributed by atoms with Gasteiger partial charge in [0.05, 0.1) is 18.1 Å². The molecule has 0 saturated carbocycles. The van der Waals surface area contributed by atoms with Gasteiger partial charge in [0.15, 0.2) is 0 Å². The number of β-lactam (4-membered cyclic amide) rings is 1. The van der Waals surface area contributed by atoms with Crippen LogP contribution >= 0.6 is 12.6 Å². The van der Waals surface area contributed by atoms with Crippen LogP contribution in [-0.2, 0) is 14.4 Å². The zero-order valence-electron chi connectivity index (χ0n) is 24.2. The average Bonchev–Trinajstić information content (AvgIpc) is 3.52. The molecule has 234 valence electrons. The molecule has 44 heavy (non-hydrogen) atoms. The van der Waals surface area contributed by atoms with Crippen molar-refractivity contribution in [2.45, 2.75) is 50.8 Å². The number of aliphatic hydroxyl groups is 1. The zero-order chi connectivity index (χ0) is 32.0. The molecule has 3 N–H and O–H groups in total. The normalized spacial score (nSPS) is 20.8. The molecule has 5 rings (SSSR count). The molecule has 2 aliphatic heterocycles. The van der Waals surface area contributed by atoms with E-state index >= 15 is 0 Å². The lowest BCUT2D eigenvalue weighted by Gasteiger charge is -2.48. The summed E-state index contributed by atoms with van der Waals surface area (Å²) in [5.74, 6) is -1.83. The molecule has 0 bridgehead atoms. The molecule has 3 aromatic carbocycles. The minimum atomic E-state index is -0.901. The van der Waals surface area contributed by atoms with Gasteiger partial charge in [-0.2, -0.15) is 12.6 Å². The highest BCUT2D eigenvalue weighted by Gasteiger charge is 2.48. The van der Waals surface area contributed by atoms with Crippen LogP contribution in [-0.4, -0.2) is 56.3 Å². The van der Waals surface area contributed by atoms with Gasteiger partial charge in [-0.3, -0.25) is 9.59 Å². The van der Waals surface area contributed by atoms with Gasteiger partial charge < -0.3 is 25.1 Å². The number of benzene rings is 3. The molecule has 3 aromatic rings. The number of phenolic OH excluding ortho intramolecular Hbond substituents is 1. The van der Waals surface area contributed by atoms with Gasteiger partial charge in [-0.25, -0.2) is 13.6 Å². The van der Waals surface area contributed by atoms with Crippen LogP contribution < -0.4 is 4.90 Å². The minimum absolute atomic E-state index is 0.0927. The summed E-state index contributed by atoms with van der Waals surface area (Å²) in [6, 6.07) is 17.1. The van der Waals surface area contributed by atoms with Crippen molar-refractivity contribution in [1.29, 1.82) is 0 Å². The fraction of sp³-hybridized carbons (Fsp3) is 0.364. The van der Waals surface area contributed by atoms with Gasteiger partial charge in [0, 0.05) is 23.9 Å². The first-order valence-corrected chi connectivity index (χ1v) is 15.1. The number of aliphatic carboxylic acids is 1. The summed E-state index contributed by atoms with van der Waals surface area (Å²) < 4.78 is 26.4. The first kappa shape index (κ1) is 32.9. The standard InChI is InChI=1S/C24H21F2NO3.C9H15NO3S/c25-17-5-1-15(2-6-17)22(29)14-13-21-23(16-3-11-20(28)12-4-16)27(24(21)30)19-9-7-18(26)8-10-19;1-6(5-14)8(11)10-4-2-3-7(10)9(12)13/h1-12,21-23,28-29H,13-14H2;6-7,14H,2-5H2,1H3,(H,12,13)/t21-,22+,23-;6-,7+/m11/s1. The molecule has 0 radical (unpaired) electrons. The number of anilines is 1. The number of phenols is 1. The van der Waals surface area contributed by atoms with E-state index in [2.05, 4.69) is 12.6 Å². The number of hydrogen-bond donors (Lipinski definition) is 4. The number of thiol groups is 1. The summed E-state index contributed by atoms with van der Waals surface area (Å²) >= 11 is 4.03. The zero-order valence-corrected chi connectivity index (χ0v) is 25.1. The highest BCUT2D eigenvalue weighted by Crippen LogP contribution is 2.46. The molecule has 0 spiro atoms. The van der Waals surface area contributed by atoms with E-state index in [4.69, 9.17) is 5.11 Å². The number of carbonyl (C=O) groups is 3. The molecule has 2 saturated heterocycles. The Morgan fingerprint density at radius 1 is 0.977 bits per heavy atom. The van der Waals surface area contributed by atoms with Crippen LogP contribution in [0.2, 0.25) is 0 Å². The van der Waals surface area contributed by atoms with E-state index in [-0.39, 0.29) is 47.1 Å². The number of carboxylic acids is 1. The maximum absolute atomic E-state index is 13.3. The fourth-order valence-electron chi connectivity index (χ4n) is 5.61. The number of likely N-dealkylation sites (tertiary alicyclic amines) is 1.